The van der Waals surface area contributed by atoms with Gasteiger partial charge in [-0.2, -0.15) is 0 Å². The van der Waals surface area contributed by atoms with E-state index in [4.69, 9.17) is 4.74 Å². The Morgan fingerprint density at radius 1 is 1.35 bits per heavy atom. The summed E-state index contributed by atoms with van der Waals surface area (Å²) in [7, 11) is 0. The Kier molecular flexibility index (Phi) is 5.97. The number of aliphatic hydroxyl groups excluding tert-OH is 1. The van der Waals surface area contributed by atoms with Gasteiger partial charge in [-0.1, -0.05) is 12.1 Å². The maximum atomic E-state index is 13.5. The van der Waals surface area contributed by atoms with Crippen LogP contribution >= 0.6 is 27.3 Å². The van der Waals surface area contributed by atoms with Crippen molar-refractivity contribution in [3.8, 4) is 0 Å². The molecule has 0 saturated heterocycles. The third-order valence-electron chi connectivity index (χ3n) is 2.61. The molecule has 6 heteroatoms. The van der Waals surface area contributed by atoms with Gasteiger partial charge in [0, 0.05) is 15.9 Å². The molecule has 3 nitrogen and oxygen atoms in total. The van der Waals surface area contributed by atoms with Crippen LogP contribution in [0.4, 0.5) is 10.1 Å². The largest absolute Gasteiger partial charge is 0.389 e. The summed E-state index contributed by atoms with van der Waals surface area (Å²) in [4.78, 5) is 1.11. The zero-order chi connectivity index (χ0) is 14.4. The Hall–Kier alpha value is -0.950. The van der Waals surface area contributed by atoms with Gasteiger partial charge in [-0.3, -0.25) is 0 Å². The molecule has 1 aromatic carbocycles. The van der Waals surface area contributed by atoms with Crippen LogP contribution in [-0.4, -0.2) is 24.4 Å². The van der Waals surface area contributed by atoms with Gasteiger partial charge in [0.2, 0.25) is 0 Å². The molecule has 0 aliphatic rings. The predicted octanol–water partition coefficient (Wildman–Crippen LogP) is 3.64. The van der Waals surface area contributed by atoms with Crippen LogP contribution in [0.2, 0.25) is 0 Å². The fourth-order valence-corrected chi connectivity index (χ4v) is 2.76. The smallest absolute Gasteiger partial charge is 0.147 e. The second-order valence-corrected chi connectivity index (χ2v) is 6.11. The summed E-state index contributed by atoms with van der Waals surface area (Å²) >= 11 is 4.87. The topological polar surface area (TPSA) is 41.5 Å². The van der Waals surface area contributed by atoms with Gasteiger partial charge in [-0.05, 0) is 39.5 Å². The van der Waals surface area contributed by atoms with E-state index in [-0.39, 0.29) is 19.0 Å². The summed E-state index contributed by atoms with van der Waals surface area (Å²) in [5.74, 6) is -0.355. The molecule has 2 rings (SSSR count). The number of ether oxygens (including phenoxy) is 1. The lowest BCUT2D eigenvalue weighted by Gasteiger charge is -2.14. The zero-order valence-electron chi connectivity index (χ0n) is 10.7. The fourth-order valence-electron chi connectivity index (χ4n) is 1.64. The van der Waals surface area contributed by atoms with Crippen LogP contribution < -0.4 is 5.32 Å². The first kappa shape index (κ1) is 15.4. The van der Waals surface area contributed by atoms with E-state index in [0.29, 0.717) is 16.8 Å². The molecule has 0 radical (unpaired) electrons. The van der Waals surface area contributed by atoms with Gasteiger partial charge in [-0.15, -0.1) is 11.3 Å². The van der Waals surface area contributed by atoms with Gasteiger partial charge >= 0.3 is 0 Å². The number of hydrogen-bond acceptors (Lipinski definition) is 4. The maximum absolute atomic E-state index is 13.5. The molecule has 0 aliphatic carbocycles. The number of hydrogen-bond donors (Lipinski definition) is 2. The lowest BCUT2D eigenvalue weighted by atomic mass is 10.3. The van der Waals surface area contributed by atoms with E-state index >= 15 is 0 Å². The average Bonchev–Trinajstić information content (AvgIpc) is 2.91. The van der Waals surface area contributed by atoms with Gasteiger partial charge < -0.3 is 15.2 Å². The molecule has 20 heavy (non-hydrogen) atoms. The highest BCUT2D eigenvalue weighted by atomic mass is 79.9. The summed E-state index contributed by atoms with van der Waals surface area (Å²) < 4.78 is 19.6. The molecule has 0 amide bonds. The molecule has 1 aromatic heterocycles. The van der Waals surface area contributed by atoms with E-state index in [1.165, 1.54) is 6.07 Å². The maximum Gasteiger partial charge on any atom is 0.147 e. The van der Waals surface area contributed by atoms with E-state index in [0.717, 1.165) is 4.88 Å². The van der Waals surface area contributed by atoms with Crippen LogP contribution in [0.1, 0.15) is 4.88 Å². The van der Waals surface area contributed by atoms with Crippen LogP contribution in [0, 0.1) is 5.82 Å². The highest BCUT2D eigenvalue weighted by Gasteiger charge is 2.09. The first-order chi connectivity index (χ1) is 9.66. The predicted molar refractivity (Wildman–Crippen MR) is 82.6 cm³/mol. The highest BCUT2D eigenvalue weighted by molar-refractivity contribution is 9.10. The molecule has 0 aliphatic heterocycles. The van der Waals surface area contributed by atoms with Crippen molar-refractivity contribution in [3.05, 3.63) is 50.9 Å². The van der Waals surface area contributed by atoms with Gasteiger partial charge in [0.15, 0.2) is 0 Å². The number of rotatable bonds is 7. The molecule has 108 valence electrons. The van der Waals surface area contributed by atoms with Crippen molar-refractivity contribution in [3.63, 3.8) is 0 Å². The van der Waals surface area contributed by atoms with Crippen molar-refractivity contribution in [2.45, 2.75) is 12.7 Å². The minimum atomic E-state index is -0.693. The molecule has 1 atom stereocenters. The van der Waals surface area contributed by atoms with Crippen molar-refractivity contribution in [1.82, 2.24) is 0 Å². The summed E-state index contributed by atoms with van der Waals surface area (Å²) in [5.41, 5.74) is 0.352. The summed E-state index contributed by atoms with van der Waals surface area (Å²) in [6, 6.07) is 8.66. The van der Waals surface area contributed by atoms with Gasteiger partial charge in [0.05, 0.1) is 25.0 Å². The Bertz CT molecular complexity index is 516. The van der Waals surface area contributed by atoms with Crippen molar-refractivity contribution in [2.75, 3.05) is 18.5 Å². The summed E-state index contributed by atoms with van der Waals surface area (Å²) in [6.45, 7) is 0.916. The van der Waals surface area contributed by atoms with E-state index in [1.54, 1.807) is 23.5 Å². The van der Waals surface area contributed by atoms with Crippen molar-refractivity contribution >= 4 is 33.0 Å². The molecule has 0 spiro atoms. The lowest BCUT2D eigenvalue weighted by Crippen LogP contribution is -2.25. The van der Waals surface area contributed by atoms with Crippen molar-refractivity contribution in [1.29, 1.82) is 0 Å². The van der Waals surface area contributed by atoms with Crippen LogP contribution in [-0.2, 0) is 11.3 Å². The zero-order valence-corrected chi connectivity index (χ0v) is 13.1. The third-order valence-corrected chi connectivity index (χ3v) is 4.12. The number of thiophene rings is 1. The Morgan fingerprint density at radius 3 is 2.90 bits per heavy atom. The fraction of sp³-hybridized carbons (Fsp3) is 0.286. The molecular weight excluding hydrogens is 345 g/mol. The number of para-hydroxylation sites is 1. The molecular formula is C14H15BrFNO2S. The van der Waals surface area contributed by atoms with E-state index < -0.39 is 6.10 Å². The normalized spacial score (nSPS) is 12.3. The quantitative estimate of drug-likeness (QED) is 0.792. The number of halogens is 2. The Labute approximate surface area is 129 Å². The minimum absolute atomic E-state index is 0.205. The minimum Gasteiger partial charge on any atom is -0.389 e. The van der Waals surface area contributed by atoms with Crippen molar-refractivity contribution < 1.29 is 14.2 Å². The monoisotopic (exact) mass is 359 g/mol. The number of benzene rings is 1. The Balaban J connectivity index is 1.73. The SMILES string of the molecule is OC(CNc1c(F)cccc1Br)COCc1cccs1. The van der Waals surface area contributed by atoms with E-state index in [9.17, 15) is 9.50 Å². The molecule has 1 unspecified atom stereocenters. The van der Waals surface area contributed by atoms with E-state index in [1.807, 2.05) is 17.5 Å². The second kappa shape index (κ2) is 7.73. The first-order valence-electron chi connectivity index (χ1n) is 6.13. The van der Waals surface area contributed by atoms with Gasteiger partial charge in [0.25, 0.3) is 0 Å². The van der Waals surface area contributed by atoms with Crippen molar-refractivity contribution in [2.24, 2.45) is 0 Å². The van der Waals surface area contributed by atoms with Gasteiger partial charge in [-0.25, -0.2) is 4.39 Å². The average molecular weight is 360 g/mol. The Morgan fingerprint density at radius 2 is 2.20 bits per heavy atom. The summed E-state index contributed by atoms with van der Waals surface area (Å²) in [6.07, 6.45) is -0.693. The van der Waals surface area contributed by atoms with Crippen LogP contribution in [0.25, 0.3) is 0 Å². The highest BCUT2D eigenvalue weighted by Crippen LogP contribution is 2.24. The van der Waals surface area contributed by atoms with Crippen LogP contribution in [0.5, 0.6) is 0 Å². The number of anilines is 1. The van der Waals surface area contributed by atoms with Crippen LogP contribution in [0.15, 0.2) is 40.2 Å². The third kappa shape index (κ3) is 4.56. The first-order valence-corrected chi connectivity index (χ1v) is 7.80. The van der Waals surface area contributed by atoms with E-state index in [2.05, 4.69) is 21.2 Å². The molecule has 2 aromatic rings. The molecule has 0 saturated carbocycles. The molecule has 0 bridgehead atoms. The second-order valence-electron chi connectivity index (χ2n) is 4.23. The standard InChI is InChI=1S/C14H15BrFNO2S/c15-12-4-1-5-13(16)14(12)17-7-10(18)8-19-9-11-3-2-6-20-11/h1-6,10,17-18H,7-9H2. The number of nitrogens with one attached hydrogen (secondary N) is 1. The number of aliphatic hydroxyl groups is 1. The molecule has 2 N–H and O–H groups in total. The van der Waals surface area contributed by atoms with Crippen LogP contribution in [0.3, 0.4) is 0 Å². The van der Waals surface area contributed by atoms with Gasteiger partial charge in [0.1, 0.15) is 5.82 Å². The summed E-state index contributed by atoms with van der Waals surface area (Å²) in [5, 5.41) is 14.7. The molecule has 1 heterocycles. The molecule has 0 fully saturated rings. The lowest BCUT2D eigenvalue weighted by molar-refractivity contribution is 0.0358.